The van der Waals surface area contributed by atoms with E-state index in [0.29, 0.717) is 10.6 Å². The number of benzene rings is 2. The summed E-state index contributed by atoms with van der Waals surface area (Å²) in [6.07, 6.45) is 3.44. The van der Waals surface area contributed by atoms with Gasteiger partial charge in [0.2, 0.25) is 0 Å². The molecule has 138 valence electrons. The maximum absolute atomic E-state index is 12.5. The van der Waals surface area contributed by atoms with Crippen LogP contribution in [-0.4, -0.2) is 25.5 Å². The van der Waals surface area contributed by atoms with Crippen molar-refractivity contribution in [3.8, 4) is 0 Å². The molecule has 28 heavy (non-hydrogen) atoms. The van der Waals surface area contributed by atoms with Crippen molar-refractivity contribution >= 4 is 34.4 Å². The van der Waals surface area contributed by atoms with Crippen LogP contribution < -0.4 is 5.56 Å². The maximum atomic E-state index is 12.5. The Bertz CT molecular complexity index is 1180. The second-order valence-electron chi connectivity index (χ2n) is 6.60. The van der Waals surface area contributed by atoms with Crippen molar-refractivity contribution in [2.45, 2.75) is 21.3 Å². The monoisotopic (exact) mass is 403 g/mol. The van der Waals surface area contributed by atoms with E-state index in [9.17, 15) is 4.79 Å². The molecule has 1 aliphatic heterocycles. The lowest BCUT2D eigenvalue weighted by molar-refractivity contribution is 0.523. The summed E-state index contributed by atoms with van der Waals surface area (Å²) in [5, 5.41) is 1.69. The first kappa shape index (κ1) is 17.5. The van der Waals surface area contributed by atoms with Gasteiger partial charge in [-0.3, -0.25) is 9.78 Å². The SMILES string of the molecule is O=c1nc2n(c3cnccc13)C(c1ccccc1)C(Sc1ccccc1)CS2. The first-order valence-electron chi connectivity index (χ1n) is 9.07. The van der Waals surface area contributed by atoms with Crippen LogP contribution >= 0.6 is 23.5 Å². The van der Waals surface area contributed by atoms with E-state index in [0.717, 1.165) is 16.4 Å². The third-order valence-electron chi connectivity index (χ3n) is 4.87. The molecule has 4 aromatic rings. The summed E-state index contributed by atoms with van der Waals surface area (Å²) in [5.41, 5.74) is 1.88. The highest BCUT2D eigenvalue weighted by molar-refractivity contribution is 8.03. The van der Waals surface area contributed by atoms with Crippen molar-refractivity contribution in [2.24, 2.45) is 0 Å². The van der Waals surface area contributed by atoms with Gasteiger partial charge in [-0.15, -0.1) is 11.8 Å². The average molecular weight is 404 g/mol. The Morgan fingerprint density at radius 1 is 1.00 bits per heavy atom. The lowest BCUT2D eigenvalue weighted by atomic mass is 10.0. The van der Waals surface area contributed by atoms with E-state index in [1.807, 2.05) is 23.9 Å². The number of rotatable bonds is 3. The van der Waals surface area contributed by atoms with E-state index in [1.165, 1.54) is 10.5 Å². The largest absolute Gasteiger partial charge is 0.310 e. The molecule has 5 rings (SSSR count). The number of hydrogen-bond acceptors (Lipinski definition) is 5. The zero-order valence-electron chi connectivity index (χ0n) is 14.9. The van der Waals surface area contributed by atoms with Crippen molar-refractivity contribution in [1.29, 1.82) is 0 Å². The molecule has 3 heterocycles. The fourth-order valence-corrected chi connectivity index (χ4v) is 6.18. The highest BCUT2D eigenvalue weighted by atomic mass is 32.2. The number of fused-ring (bicyclic) bond motifs is 3. The smallest absolute Gasteiger partial charge is 0.281 e. The van der Waals surface area contributed by atoms with E-state index in [-0.39, 0.29) is 11.6 Å². The molecule has 6 heteroatoms. The molecule has 2 atom stereocenters. The summed E-state index contributed by atoms with van der Waals surface area (Å²) < 4.78 is 2.20. The molecule has 0 spiro atoms. The van der Waals surface area contributed by atoms with Gasteiger partial charge in [0, 0.05) is 22.1 Å². The molecule has 0 N–H and O–H groups in total. The molecule has 4 nitrogen and oxygen atoms in total. The molecule has 0 bridgehead atoms. The first-order valence-corrected chi connectivity index (χ1v) is 10.9. The van der Waals surface area contributed by atoms with E-state index in [2.05, 4.69) is 63.1 Å². The molecule has 2 unspecified atom stereocenters. The third-order valence-corrected chi connectivity index (χ3v) is 7.43. The highest BCUT2D eigenvalue weighted by Crippen LogP contribution is 2.43. The molecule has 0 saturated heterocycles. The Labute approximate surface area is 171 Å². The second-order valence-corrected chi connectivity index (χ2v) is 8.90. The number of pyridine rings is 1. The molecule has 0 fully saturated rings. The highest BCUT2D eigenvalue weighted by Gasteiger charge is 2.33. The summed E-state index contributed by atoms with van der Waals surface area (Å²) in [6, 6.07) is 22.8. The minimum atomic E-state index is -0.183. The van der Waals surface area contributed by atoms with E-state index >= 15 is 0 Å². The van der Waals surface area contributed by atoms with Crippen molar-refractivity contribution < 1.29 is 0 Å². The molecule has 0 amide bonds. The Kier molecular flexibility index (Phi) is 4.66. The Morgan fingerprint density at radius 3 is 2.54 bits per heavy atom. The zero-order chi connectivity index (χ0) is 18.9. The van der Waals surface area contributed by atoms with Gasteiger partial charge in [-0.25, -0.2) is 0 Å². The predicted octanol–water partition coefficient (Wildman–Crippen LogP) is 4.65. The van der Waals surface area contributed by atoms with Gasteiger partial charge >= 0.3 is 0 Å². The lowest BCUT2D eigenvalue weighted by Crippen LogP contribution is -2.33. The normalized spacial score (nSPS) is 18.7. The summed E-state index contributed by atoms with van der Waals surface area (Å²) in [6.45, 7) is 0. The van der Waals surface area contributed by atoms with Gasteiger partial charge < -0.3 is 4.57 Å². The number of aromatic nitrogens is 3. The van der Waals surface area contributed by atoms with Crippen LogP contribution in [0.2, 0.25) is 0 Å². The van der Waals surface area contributed by atoms with E-state index < -0.39 is 0 Å². The van der Waals surface area contributed by atoms with Crippen molar-refractivity contribution in [1.82, 2.24) is 14.5 Å². The average Bonchev–Trinajstić information content (AvgIpc) is 2.75. The van der Waals surface area contributed by atoms with Crippen LogP contribution in [0.4, 0.5) is 0 Å². The third kappa shape index (κ3) is 3.12. The summed E-state index contributed by atoms with van der Waals surface area (Å²) in [7, 11) is 0. The minimum Gasteiger partial charge on any atom is -0.310 e. The van der Waals surface area contributed by atoms with Crippen LogP contribution in [0, 0.1) is 0 Å². The number of nitrogens with zero attached hydrogens (tertiary/aromatic N) is 3. The summed E-state index contributed by atoms with van der Waals surface area (Å²) in [4.78, 5) is 22.4. The Balaban J connectivity index is 1.71. The fraction of sp³-hybridized carbons (Fsp3) is 0.136. The molecule has 2 aromatic carbocycles. The van der Waals surface area contributed by atoms with Crippen LogP contribution in [0.5, 0.6) is 0 Å². The molecule has 0 radical (unpaired) electrons. The molecule has 0 aliphatic carbocycles. The Hall–Kier alpha value is -2.57. The summed E-state index contributed by atoms with van der Waals surface area (Å²) in [5.74, 6) is 0.886. The van der Waals surface area contributed by atoms with Gasteiger partial charge in [0.25, 0.3) is 5.56 Å². The summed E-state index contributed by atoms with van der Waals surface area (Å²) >= 11 is 3.52. The van der Waals surface area contributed by atoms with Crippen molar-refractivity contribution in [3.63, 3.8) is 0 Å². The molecule has 0 saturated carbocycles. The fourth-order valence-electron chi connectivity index (χ4n) is 3.63. The maximum Gasteiger partial charge on any atom is 0.281 e. The molecular formula is C22H17N3OS2. The predicted molar refractivity (Wildman–Crippen MR) is 115 cm³/mol. The van der Waals surface area contributed by atoms with Gasteiger partial charge in [0.15, 0.2) is 5.16 Å². The second kappa shape index (κ2) is 7.45. The number of thioether (sulfide) groups is 2. The van der Waals surface area contributed by atoms with Gasteiger partial charge in [-0.2, -0.15) is 4.98 Å². The van der Waals surface area contributed by atoms with Crippen LogP contribution in [0.3, 0.4) is 0 Å². The van der Waals surface area contributed by atoms with E-state index in [1.54, 1.807) is 30.2 Å². The van der Waals surface area contributed by atoms with Gasteiger partial charge in [-0.1, -0.05) is 60.3 Å². The lowest BCUT2D eigenvalue weighted by Gasteiger charge is -2.35. The van der Waals surface area contributed by atoms with Gasteiger partial charge in [0.05, 0.1) is 23.1 Å². The molecule has 1 aliphatic rings. The topological polar surface area (TPSA) is 47.8 Å². The Morgan fingerprint density at radius 2 is 1.75 bits per heavy atom. The zero-order valence-corrected chi connectivity index (χ0v) is 16.6. The van der Waals surface area contributed by atoms with Gasteiger partial charge in [0.1, 0.15) is 0 Å². The minimum absolute atomic E-state index is 0.0717. The number of hydrogen-bond donors (Lipinski definition) is 0. The van der Waals surface area contributed by atoms with E-state index in [4.69, 9.17) is 0 Å². The molecule has 2 aromatic heterocycles. The van der Waals surface area contributed by atoms with Crippen molar-refractivity contribution in [2.75, 3.05) is 5.75 Å². The van der Waals surface area contributed by atoms with Crippen LogP contribution in [0.25, 0.3) is 10.9 Å². The van der Waals surface area contributed by atoms with Crippen molar-refractivity contribution in [3.05, 3.63) is 95.0 Å². The quantitative estimate of drug-likeness (QED) is 0.466. The first-order chi connectivity index (χ1) is 13.8. The molecular weight excluding hydrogens is 386 g/mol. The van der Waals surface area contributed by atoms with Crippen LogP contribution in [-0.2, 0) is 0 Å². The van der Waals surface area contributed by atoms with Gasteiger partial charge in [-0.05, 0) is 23.8 Å². The van der Waals surface area contributed by atoms with Crippen LogP contribution in [0.1, 0.15) is 11.6 Å². The standard InChI is InChI=1S/C22H17N3OS2/c26-21-17-11-12-23-13-18(17)25-20(15-7-3-1-4-8-15)19(14-27-22(25)24-21)28-16-9-5-2-6-10-16/h1-13,19-20H,14H2. The van der Waals surface area contributed by atoms with Crippen LogP contribution in [0.15, 0.2) is 94.0 Å².